The predicted molar refractivity (Wildman–Crippen MR) is 64.3 cm³/mol. The number of hydrogen-bond acceptors (Lipinski definition) is 3. The van der Waals surface area contributed by atoms with Crippen molar-refractivity contribution in [1.29, 1.82) is 0 Å². The topological polar surface area (TPSA) is 63.2 Å². The normalized spacial score (nSPS) is 24.3. The van der Waals surface area contributed by atoms with E-state index in [0.29, 0.717) is 12.8 Å². The average molecular weight is 268 g/mol. The first-order chi connectivity index (χ1) is 7.29. The van der Waals surface area contributed by atoms with Crippen molar-refractivity contribution in [2.75, 3.05) is 18.2 Å². The third-order valence-corrected chi connectivity index (χ3v) is 5.85. The minimum atomic E-state index is -2.98. The van der Waals surface area contributed by atoms with E-state index in [-0.39, 0.29) is 24.1 Å². The first-order valence-electron chi connectivity index (χ1n) is 5.35. The number of nitrogens with one attached hydrogen (secondary N) is 1. The minimum absolute atomic E-state index is 0.190. The summed E-state index contributed by atoms with van der Waals surface area (Å²) in [6, 6.07) is 0. The van der Waals surface area contributed by atoms with Gasteiger partial charge in [0.05, 0.1) is 16.4 Å². The Kier molecular flexibility index (Phi) is 4.23. The van der Waals surface area contributed by atoms with Crippen LogP contribution < -0.4 is 5.32 Å². The Morgan fingerprint density at radius 1 is 1.50 bits per heavy atom. The minimum Gasteiger partial charge on any atom is -0.354 e. The van der Waals surface area contributed by atoms with Crippen LogP contribution in [0.15, 0.2) is 0 Å². The molecule has 1 unspecified atom stereocenters. The molecule has 16 heavy (non-hydrogen) atoms. The molecular formula is C10H18ClNO3S. The number of carbonyl (C=O) groups is 1. The van der Waals surface area contributed by atoms with Gasteiger partial charge in [0, 0.05) is 12.4 Å². The first-order valence-corrected chi connectivity index (χ1v) is 7.60. The lowest BCUT2D eigenvalue weighted by Gasteiger charge is -2.21. The summed E-state index contributed by atoms with van der Waals surface area (Å²) >= 11 is 5.66. The van der Waals surface area contributed by atoms with Crippen molar-refractivity contribution < 1.29 is 13.2 Å². The Morgan fingerprint density at radius 3 is 2.56 bits per heavy atom. The van der Waals surface area contributed by atoms with Crippen LogP contribution in [-0.4, -0.2) is 37.8 Å². The molecular weight excluding hydrogens is 250 g/mol. The molecule has 1 rings (SSSR count). The van der Waals surface area contributed by atoms with Gasteiger partial charge in [-0.25, -0.2) is 8.42 Å². The van der Waals surface area contributed by atoms with Gasteiger partial charge in [-0.2, -0.15) is 0 Å². The van der Waals surface area contributed by atoms with Gasteiger partial charge in [-0.05, 0) is 26.7 Å². The molecule has 0 aromatic carbocycles. The second-order valence-corrected chi connectivity index (χ2v) is 7.53. The van der Waals surface area contributed by atoms with Crippen molar-refractivity contribution in [1.82, 2.24) is 5.32 Å². The summed E-state index contributed by atoms with van der Waals surface area (Å²) < 4.78 is 23.0. The van der Waals surface area contributed by atoms with E-state index < -0.39 is 20.5 Å². The molecule has 1 fully saturated rings. The zero-order valence-corrected chi connectivity index (χ0v) is 11.2. The van der Waals surface area contributed by atoms with E-state index in [4.69, 9.17) is 11.6 Å². The van der Waals surface area contributed by atoms with Crippen molar-refractivity contribution in [2.24, 2.45) is 5.41 Å². The van der Waals surface area contributed by atoms with Crippen molar-refractivity contribution in [3.05, 3.63) is 0 Å². The highest BCUT2D eigenvalue weighted by atomic mass is 35.5. The fraction of sp³-hybridized carbons (Fsp3) is 0.900. The Hall–Kier alpha value is -0.290. The number of amides is 1. The van der Waals surface area contributed by atoms with Gasteiger partial charge >= 0.3 is 0 Å². The maximum atomic E-state index is 11.7. The molecule has 4 nitrogen and oxygen atoms in total. The van der Waals surface area contributed by atoms with Crippen molar-refractivity contribution in [3.63, 3.8) is 0 Å². The predicted octanol–water partition coefficient (Wildman–Crippen LogP) is 0.945. The molecule has 1 atom stereocenters. The summed E-state index contributed by atoms with van der Waals surface area (Å²) in [5.74, 6) is 0.271. The highest BCUT2D eigenvalue weighted by molar-refractivity contribution is 7.92. The van der Waals surface area contributed by atoms with Gasteiger partial charge in [-0.1, -0.05) is 0 Å². The molecule has 1 saturated heterocycles. The Bertz CT molecular complexity index is 364. The summed E-state index contributed by atoms with van der Waals surface area (Å²) in [5, 5.41) is 2.25. The van der Waals surface area contributed by atoms with Crippen LogP contribution in [0.4, 0.5) is 0 Å². The van der Waals surface area contributed by atoms with Crippen LogP contribution in [0, 0.1) is 5.41 Å². The maximum Gasteiger partial charge on any atom is 0.226 e. The molecule has 1 amide bonds. The molecule has 6 heteroatoms. The number of rotatable bonds is 4. The molecule has 0 saturated carbocycles. The number of sulfone groups is 1. The van der Waals surface area contributed by atoms with Crippen LogP contribution in [-0.2, 0) is 14.6 Å². The van der Waals surface area contributed by atoms with E-state index in [0.717, 1.165) is 0 Å². The number of hydrogen-bond donors (Lipinski definition) is 1. The smallest absolute Gasteiger partial charge is 0.226 e. The summed E-state index contributed by atoms with van der Waals surface area (Å²) in [7, 11) is -2.98. The summed E-state index contributed by atoms with van der Waals surface area (Å²) in [6.07, 6.45) is 1.34. The number of halogens is 1. The average Bonchev–Trinajstić information content (AvgIpc) is 2.54. The van der Waals surface area contributed by atoms with E-state index in [1.807, 2.05) is 0 Å². The lowest BCUT2D eigenvalue weighted by Crippen LogP contribution is -2.42. The molecule has 0 spiro atoms. The molecule has 1 N–H and O–H groups in total. The van der Waals surface area contributed by atoms with Gasteiger partial charge in [0.15, 0.2) is 9.84 Å². The van der Waals surface area contributed by atoms with E-state index in [1.54, 1.807) is 13.8 Å². The van der Waals surface area contributed by atoms with Crippen molar-refractivity contribution in [3.8, 4) is 0 Å². The quantitative estimate of drug-likeness (QED) is 0.772. The second-order valence-electron chi connectivity index (χ2n) is 4.86. The zero-order valence-electron chi connectivity index (χ0n) is 9.62. The standard InChI is InChI=1S/C10H18ClNO3S/c1-10(2,7-11)9(13)12-6-8-4-3-5-16(8,14)15/h8H,3-7H2,1-2H3,(H,12,13). The van der Waals surface area contributed by atoms with Crippen LogP contribution in [0.2, 0.25) is 0 Å². The molecule has 1 heterocycles. The highest BCUT2D eigenvalue weighted by Gasteiger charge is 2.33. The second kappa shape index (κ2) is 4.92. The van der Waals surface area contributed by atoms with Crippen molar-refractivity contribution in [2.45, 2.75) is 31.9 Å². The largest absolute Gasteiger partial charge is 0.354 e. The van der Waals surface area contributed by atoms with Gasteiger partial charge in [-0.15, -0.1) is 11.6 Å². The Labute approximate surface area is 102 Å². The van der Waals surface area contributed by atoms with Gasteiger partial charge in [0.2, 0.25) is 5.91 Å². The third kappa shape index (κ3) is 3.10. The van der Waals surface area contributed by atoms with Gasteiger partial charge in [0.25, 0.3) is 0 Å². The third-order valence-electron chi connectivity index (χ3n) is 2.90. The van der Waals surface area contributed by atoms with Crippen LogP contribution in [0.5, 0.6) is 0 Å². The number of carbonyl (C=O) groups excluding carboxylic acids is 1. The van der Waals surface area contributed by atoms with Gasteiger partial charge < -0.3 is 5.32 Å². The SMILES string of the molecule is CC(C)(CCl)C(=O)NCC1CCCS1(=O)=O. The fourth-order valence-corrected chi connectivity index (χ4v) is 3.48. The van der Waals surface area contributed by atoms with Crippen LogP contribution in [0.1, 0.15) is 26.7 Å². The van der Waals surface area contributed by atoms with Crippen LogP contribution >= 0.6 is 11.6 Å². The van der Waals surface area contributed by atoms with Crippen LogP contribution in [0.3, 0.4) is 0 Å². The Balaban J connectivity index is 2.50. The van der Waals surface area contributed by atoms with Gasteiger partial charge in [0.1, 0.15) is 0 Å². The lowest BCUT2D eigenvalue weighted by atomic mass is 9.95. The lowest BCUT2D eigenvalue weighted by molar-refractivity contribution is -0.128. The molecule has 94 valence electrons. The molecule has 1 aliphatic heterocycles. The van der Waals surface area contributed by atoms with E-state index in [1.165, 1.54) is 0 Å². The number of alkyl halides is 1. The molecule has 0 bridgehead atoms. The summed E-state index contributed by atoms with van der Waals surface area (Å²) in [6.45, 7) is 3.68. The monoisotopic (exact) mass is 267 g/mol. The molecule has 0 aliphatic carbocycles. The molecule has 0 aromatic rings. The van der Waals surface area contributed by atoms with E-state index >= 15 is 0 Å². The highest BCUT2D eigenvalue weighted by Crippen LogP contribution is 2.20. The van der Waals surface area contributed by atoms with E-state index in [9.17, 15) is 13.2 Å². The van der Waals surface area contributed by atoms with Gasteiger partial charge in [-0.3, -0.25) is 4.79 Å². The molecule has 0 aromatic heterocycles. The molecule has 1 aliphatic rings. The van der Waals surface area contributed by atoms with Crippen molar-refractivity contribution >= 4 is 27.3 Å². The summed E-state index contributed by atoms with van der Waals surface area (Å²) in [5.41, 5.74) is -0.649. The summed E-state index contributed by atoms with van der Waals surface area (Å²) in [4.78, 5) is 11.7. The first kappa shape index (κ1) is 13.8. The Morgan fingerprint density at radius 2 is 2.12 bits per heavy atom. The molecule has 0 radical (unpaired) electrons. The zero-order chi connectivity index (χ0) is 12.4. The maximum absolute atomic E-state index is 11.7. The fourth-order valence-electron chi connectivity index (χ4n) is 1.59. The van der Waals surface area contributed by atoms with E-state index in [2.05, 4.69) is 5.32 Å². The van der Waals surface area contributed by atoms with Crippen LogP contribution in [0.25, 0.3) is 0 Å².